The molecule has 14 heavy (non-hydrogen) atoms. The van der Waals surface area contributed by atoms with E-state index in [-0.39, 0.29) is 6.42 Å². The number of carboxylic acids is 1. The quantitative estimate of drug-likeness (QED) is 0.772. The molecule has 0 aromatic heterocycles. The summed E-state index contributed by atoms with van der Waals surface area (Å²) in [7, 11) is 1.67. The van der Waals surface area contributed by atoms with Crippen LogP contribution in [0.2, 0.25) is 0 Å². The van der Waals surface area contributed by atoms with Gasteiger partial charge in [-0.3, -0.25) is 4.79 Å². The second kappa shape index (κ2) is 5.40. The molecule has 0 saturated carbocycles. The molecule has 0 atom stereocenters. The fourth-order valence-electron chi connectivity index (χ4n) is 1.22. The van der Waals surface area contributed by atoms with E-state index in [2.05, 4.69) is 0 Å². The molecule has 0 aliphatic rings. The Balaban J connectivity index is 2.54. The Labute approximate surface area is 83.3 Å². The van der Waals surface area contributed by atoms with Crippen molar-refractivity contribution >= 4 is 5.97 Å². The third kappa shape index (κ3) is 3.58. The van der Waals surface area contributed by atoms with Crippen molar-refractivity contribution in [1.29, 1.82) is 0 Å². The Bertz CT molecular complexity index is 290. The number of ether oxygens (including phenoxy) is 1. The van der Waals surface area contributed by atoms with Gasteiger partial charge in [0.15, 0.2) is 0 Å². The van der Waals surface area contributed by atoms with E-state index in [1.54, 1.807) is 7.11 Å². The molecule has 0 aliphatic heterocycles. The van der Waals surface area contributed by atoms with E-state index < -0.39 is 5.97 Å². The normalized spacial score (nSPS) is 10.1. The van der Waals surface area contributed by atoms with Crippen LogP contribution in [0.3, 0.4) is 0 Å². The lowest BCUT2D eigenvalue weighted by Crippen LogP contribution is -2.00. The largest absolute Gasteiger partial charge is 0.481 e. The highest BCUT2D eigenvalue weighted by Gasteiger charge is 1.99. The Hall–Kier alpha value is -1.35. The fourth-order valence-corrected chi connectivity index (χ4v) is 1.22. The third-order valence-electron chi connectivity index (χ3n) is 1.97. The number of methoxy groups -OCH3 is 1. The van der Waals surface area contributed by atoms with Gasteiger partial charge in [0, 0.05) is 7.11 Å². The van der Waals surface area contributed by atoms with Gasteiger partial charge in [0.05, 0.1) is 13.0 Å². The van der Waals surface area contributed by atoms with Gasteiger partial charge in [-0.25, -0.2) is 0 Å². The molecule has 1 N–H and O–H groups in total. The molecule has 76 valence electrons. The molecule has 3 heteroatoms. The van der Waals surface area contributed by atoms with Crippen LogP contribution in [0.15, 0.2) is 24.3 Å². The van der Waals surface area contributed by atoms with Crippen LogP contribution in [0.1, 0.15) is 11.1 Å². The molecule has 0 spiro atoms. The van der Waals surface area contributed by atoms with Crippen LogP contribution in [0.25, 0.3) is 0 Å². The summed E-state index contributed by atoms with van der Waals surface area (Å²) in [6.07, 6.45) is 0.953. The first-order chi connectivity index (χ1) is 6.72. The van der Waals surface area contributed by atoms with Crippen LogP contribution in [0.4, 0.5) is 0 Å². The second-order valence-corrected chi connectivity index (χ2v) is 3.13. The van der Waals surface area contributed by atoms with Gasteiger partial charge in [-0.2, -0.15) is 0 Å². The number of carbonyl (C=O) groups is 1. The number of aliphatic carboxylic acids is 1. The average molecular weight is 194 g/mol. The molecule has 0 radical (unpaired) electrons. The predicted octanol–water partition coefficient (Wildman–Crippen LogP) is 1.50. The number of carboxylic acid groups (broad SMARTS) is 1. The summed E-state index contributed by atoms with van der Waals surface area (Å²) in [5, 5.41) is 8.56. The van der Waals surface area contributed by atoms with Gasteiger partial charge in [-0.1, -0.05) is 24.3 Å². The van der Waals surface area contributed by atoms with Crippen molar-refractivity contribution < 1.29 is 14.6 Å². The maximum Gasteiger partial charge on any atom is 0.307 e. The monoisotopic (exact) mass is 194 g/mol. The molecule has 1 aromatic rings. The van der Waals surface area contributed by atoms with Crippen molar-refractivity contribution in [2.75, 3.05) is 13.7 Å². The second-order valence-electron chi connectivity index (χ2n) is 3.13. The minimum absolute atomic E-state index is 0.0879. The SMILES string of the molecule is COCCc1ccc(CC(=O)O)cc1. The van der Waals surface area contributed by atoms with Gasteiger partial charge in [0.25, 0.3) is 0 Å². The number of hydrogen-bond donors (Lipinski definition) is 1. The zero-order valence-electron chi connectivity index (χ0n) is 8.19. The van der Waals surface area contributed by atoms with Crippen molar-refractivity contribution in [3.05, 3.63) is 35.4 Å². The van der Waals surface area contributed by atoms with E-state index in [1.807, 2.05) is 24.3 Å². The molecule has 0 saturated heterocycles. The molecule has 1 aromatic carbocycles. The summed E-state index contributed by atoms with van der Waals surface area (Å²) in [5.74, 6) is -0.797. The first kappa shape index (κ1) is 10.7. The first-order valence-electron chi connectivity index (χ1n) is 4.51. The molecule has 0 unspecified atom stereocenters. The molecule has 1 rings (SSSR count). The van der Waals surface area contributed by atoms with E-state index in [0.29, 0.717) is 6.61 Å². The molecular weight excluding hydrogens is 180 g/mol. The van der Waals surface area contributed by atoms with E-state index in [1.165, 1.54) is 5.56 Å². The standard InChI is InChI=1S/C11H14O3/c1-14-7-6-9-2-4-10(5-3-9)8-11(12)13/h2-5H,6-8H2,1H3,(H,12,13). The average Bonchev–Trinajstić information content (AvgIpc) is 2.16. The zero-order chi connectivity index (χ0) is 10.4. The van der Waals surface area contributed by atoms with Crippen LogP contribution in [0.5, 0.6) is 0 Å². The number of hydrogen-bond acceptors (Lipinski definition) is 2. The van der Waals surface area contributed by atoms with Gasteiger partial charge >= 0.3 is 5.97 Å². The molecule has 3 nitrogen and oxygen atoms in total. The number of rotatable bonds is 5. The minimum Gasteiger partial charge on any atom is -0.481 e. The fraction of sp³-hybridized carbons (Fsp3) is 0.364. The van der Waals surface area contributed by atoms with Crippen LogP contribution in [0, 0.1) is 0 Å². The summed E-state index contributed by atoms with van der Waals surface area (Å²) in [6, 6.07) is 7.58. The molecule has 0 amide bonds. The smallest absolute Gasteiger partial charge is 0.307 e. The van der Waals surface area contributed by atoms with E-state index in [4.69, 9.17) is 9.84 Å². The molecular formula is C11H14O3. The van der Waals surface area contributed by atoms with Gasteiger partial charge in [-0.15, -0.1) is 0 Å². The topological polar surface area (TPSA) is 46.5 Å². The maximum atomic E-state index is 10.4. The predicted molar refractivity (Wildman–Crippen MR) is 53.4 cm³/mol. The van der Waals surface area contributed by atoms with Crippen molar-refractivity contribution in [2.45, 2.75) is 12.8 Å². The van der Waals surface area contributed by atoms with Crippen LogP contribution >= 0.6 is 0 Å². The van der Waals surface area contributed by atoms with Gasteiger partial charge < -0.3 is 9.84 Å². The first-order valence-corrected chi connectivity index (χ1v) is 4.51. The lowest BCUT2D eigenvalue weighted by molar-refractivity contribution is -0.136. The molecule has 0 aliphatic carbocycles. The lowest BCUT2D eigenvalue weighted by atomic mass is 10.1. The maximum absolute atomic E-state index is 10.4. The highest BCUT2D eigenvalue weighted by molar-refractivity contribution is 5.70. The van der Waals surface area contributed by atoms with E-state index in [9.17, 15) is 4.79 Å². The summed E-state index contributed by atoms with van der Waals surface area (Å²) in [4.78, 5) is 10.4. The molecule has 0 heterocycles. The van der Waals surface area contributed by atoms with Crippen molar-refractivity contribution in [3.63, 3.8) is 0 Å². The Morgan fingerprint density at radius 2 is 1.86 bits per heavy atom. The summed E-state index contributed by atoms with van der Waals surface area (Å²) >= 11 is 0. The Morgan fingerprint density at radius 1 is 1.29 bits per heavy atom. The van der Waals surface area contributed by atoms with Gasteiger partial charge in [0.1, 0.15) is 0 Å². The Kier molecular flexibility index (Phi) is 4.13. The lowest BCUT2D eigenvalue weighted by Gasteiger charge is -2.01. The van der Waals surface area contributed by atoms with Crippen molar-refractivity contribution in [1.82, 2.24) is 0 Å². The van der Waals surface area contributed by atoms with Crippen molar-refractivity contribution in [3.8, 4) is 0 Å². The highest BCUT2D eigenvalue weighted by Crippen LogP contribution is 2.05. The third-order valence-corrected chi connectivity index (χ3v) is 1.97. The highest BCUT2D eigenvalue weighted by atomic mass is 16.5. The Morgan fingerprint density at radius 3 is 2.36 bits per heavy atom. The molecule has 0 bridgehead atoms. The van der Waals surface area contributed by atoms with Gasteiger partial charge in [0.2, 0.25) is 0 Å². The van der Waals surface area contributed by atoms with Crippen LogP contribution in [-0.4, -0.2) is 24.8 Å². The zero-order valence-corrected chi connectivity index (χ0v) is 8.19. The van der Waals surface area contributed by atoms with Crippen LogP contribution < -0.4 is 0 Å². The molecule has 0 fully saturated rings. The van der Waals surface area contributed by atoms with E-state index >= 15 is 0 Å². The van der Waals surface area contributed by atoms with Crippen LogP contribution in [-0.2, 0) is 22.4 Å². The summed E-state index contributed by atoms with van der Waals surface area (Å²) < 4.78 is 4.95. The summed E-state index contributed by atoms with van der Waals surface area (Å²) in [5.41, 5.74) is 2.00. The van der Waals surface area contributed by atoms with Gasteiger partial charge in [-0.05, 0) is 17.5 Å². The number of benzene rings is 1. The summed E-state index contributed by atoms with van der Waals surface area (Å²) in [6.45, 7) is 0.693. The van der Waals surface area contributed by atoms with Crippen molar-refractivity contribution in [2.24, 2.45) is 0 Å². The minimum atomic E-state index is -0.797. The van der Waals surface area contributed by atoms with E-state index in [0.717, 1.165) is 12.0 Å².